The normalized spacial score (nSPS) is 20.1. The SMILES string of the molecule is Cc1cc(C)nc(SCC(=O)NC2CCN(C3CC3)CC2)n1. The van der Waals surface area contributed by atoms with Crippen LogP contribution in [0.3, 0.4) is 0 Å². The standard InChI is InChI=1S/C16H24N4OS/c1-11-9-12(2)18-16(17-11)22-10-15(21)19-13-5-7-20(8-6-13)14-3-4-14/h9,13-14H,3-8,10H2,1-2H3,(H,19,21). The highest BCUT2D eigenvalue weighted by atomic mass is 32.2. The number of piperidine rings is 1. The van der Waals surface area contributed by atoms with Crippen LogP contribution in [0.15, 0.2) is 11.2 Å². The van der Waals surface area contributed by atoms with Crippen molar-refractivity contribution in [1.82, 2.24) is 20.2 Å². The van der Waals surface area contributed by atoms with Crippen molar-refractivity contribution in [1.29, 1.82) is 0 Å². The molecule has 0 spiro atoms. The monoisotopic (exact) mass is 320 g/mol. The molecule has 1 aliphatic carbocycles. The molecule has 120 valence electrons. The quantitative estimate of drug-likeness (QED) is 0.663. The van der Waals surface area contributed by atoms with E-state index in [9.17, 15) is 4.79 Å². The summed E-state index contributed by atoms with van der Waals surface area (Å²) in [6.07, 6.45) is 4.88. The van der Waals surface area contributed by atoms with Gasteiger partial charge in [-0.15, -0.1) is 0 Å². The number of aryl methyl sites for hydroxylation is 2. The summed E-state index contributed by atoms with van der Waals surface area (Å²) in [7, 11) is 0. The third kappa shape index (κ3) is 4.43. The number of rotatable bonds is 5. The van der Waals surface area contributed by atoms with Crippen molar-refractivity contribution >= 4 is 17.7 Å². The Labute approximate surface area is 136 Å². The van der Waals surface area contributed by atoms with E-state index < -0.39 is 0 Å². The summed E-state index contributed by atoms with van der Waals surface area (Å²) in [6.45, 7) is 6.16. The Morgan fingerprint density at radius 1 is 1.23 bits per heavy atom. The number of nitrogens with zero attached hydrogens (tertiary/aromatic N) is 3. The summed E-state index contributed by atoms with van der Waals surface area (Å²) in [4.78, 5) is 23.4. The molecular formula is C16H24N4OS. The third-order valence-corrected chi connectivity index (χ3v) is 5.10. The van der Waals surface area contributed by atoms with Crippen LogP contribution in [0.25, 0.3) is 0 Å². The molecular weight excluding hydrogens is 296 g/mol. The fraction of sp³-hybridized carbons (Fsp3) is 0.688. The molecule has 0 aromatic carbocycles. The number of nitrogens with one attached hydrogen (secondary N) is 1. The highest BCUT2D eigenvalue weighted by Gasteiger charge is 2.32. The van der Waals surface area contributed by atoms with E-state index in [1.165, 1.54) is 24.6 Å². The first-order chi connectivity index (χ1) is 10.6. The molecule has 1 aliphatic heterocycles. The van der Waals surface area contributed by atoms with Gasteiger partial charge in [-0.3, -0.25) is 4.79 Å². The Hall–Kier alpha value is -1.14. The van der Waals surface area contributed by atoms with Crippen molar-refractivity contribution < 1.29 is 4.79 Å². The molecule has 1 saturated carbocycles. The Balaban J connectivity index is 1.40. The van der Waals surface area contributed by atoms with Gasteiger partial charge in [0.2, 0.25) is 5.91 Å². The number of amides is 1. The Kier molecular flexibility index (Phi) is 4.98. The minimum atomic E-state index is 0.0950. The summed E-state index contributed by atoms with van der Waals surface area (Å²) in [5, 5.41) is 3.85. The molecule has 1 aromatic heterocycles. The maximum atomic E-state index is 12.1. The summed E-state index contributed by atoms with van der Waals surface area (Å²) >= 11 is 1.42. The molecule has 0 bridgehead atoms. The molecule has 1 amide bonds. The average molecular weight is 320 g/mol. The minimum absolute atomic E-state index is 0.0950. The number of aromatic nitrogens is 2. The number of likely N-dealkylation sites (tertiary alicyclic amines) is 1. The lowest BCUT2D eigenvalue weighted by atomic mass is 10.1. The van der Waals surface area contributed by atoms with Gasteiger partial charge in [0.15, 0.2) is 5.16 Å². The van der Waals surface area contributed by atoms with Gasteiger partial charge in [0.05, 0.1) is 5.75 Å². The number of carbonyl (C=O) groups is 1. The van der Waals surface area contributed by atoms with Crippen LogP contribution in [-0.2, 0) is 4.79 Å². The van der Waals surface area contributed by atoms with Crippen LogP contribution in [0.1, 0.15) is 37.1 Å². The zero-order chi connectivity index (χ0) is 15.5. The molecule has 1 aromatic rings. The summed E-state index contributed by atoms with van der Waals surface area (Å²) < 4.78 is 0. The third-order valence-electron chi connectivity index (χ3n) is 4.25. The predicted molar refractivity (Wildman–Crippen MR) is 88.0 cm³/mol. The molecule has 2 heterocycles. The molecule has 6 heteroatoms. The number of carbonyl (C=O) groups excluding carboxylic acids is 1. The van der Waals surface area contributed by atoms with Crippen molar-refractivity contribution in [2.24, 2.45) is 0 Å². The van der Waals surface area contributed by atoms with Gasteiger partial charge in [0, 0.05) is 36.6 Å². The van der Waals surface area contributed by atoms with Gasteiger partial charge in [0.25, 0.3) is 0 Å². The molecule has 2 fully saturated rings. The van der Waals surface area contributed by atoms with Gasteiger partial charge in [-0.25, -0.2) is 9.97 Å². The fourth-order valence-corrected chi connectivity index (χ4v) is 3.77. The molecule has 5 nitrogen and oxygen atoms in total. The number of hydrogen-bond acceptors (Lipinski definition) is 5. The van der Waals surface area contributed by atoms with E-state index in [2.05, 4.69) is 20.2 Å². The lowest BCUT2D eigenvalue weighted by Crippen LogP contribution is -2.45. The first-order valence-corrected chi connectivity index (χ1v) is 9.07. The second kappa shape index (κ2) is 6.96. The predicted octanol–water partition coefficient (Wildman–Crippen LogP) is 1.93. The average Bonchev–Trinajstić information content (AvgIpc) is 3.30. The summed E-state index contributed by atoms with van der Waals surface area (Å²) in [5.74, 6) is 0.490. The maximum Gasteiger partial charge on any atom is 0.230 e. The molecule has 0 atom stereocenters. The zero-order valence-corrected chi connectivity index (χ0v) is 14.2. The van der Waals surface area contributed by atoms with Crippen molar-refractivity contribution in [2.45, 2.75) is 56.8 Å². The van der Waals surface area contributed by atoms with Crippen LogP contribution in [0.2, 0.25) is 0 Å². The van der Waals surface area contributed by atoms with Crippen molar-refractivity contribution in [3.63, 3.8) is 0 Å². The molecule has 0 unspecified atom stereocenters. The van der Waals surface area contributed by atoms with Gasteiger partial charge in [-0.2, -0.15) is 0 Å². The number of thioether (sulfide) groups is 1. The van der Waals surface area contributed by atoms with Crippen LogP contribution in [-0.4, -0.2) is 51.7 Å². The first-order valence-electron chi connectivity index (χ1n) is 8.08. The molecule has 22 heavy (non-hydrogen) atoms. The lowest BCUT2D eigenvalue weighted by Gasteiger charge is -2.32. The molecule has 0 radical (unpaired) electrons. The summed E-state index contributed by atoms with van der Waals surface area (Å²) in [6, 6.07) is 3.12. The largest absolute Gasteiger partial charge is 0.353 e. The second-order valence-corrected chi connectivity index (χ2v) is 7.27. The Morgan fingerprint density at radius 2 is 1.86 bits per heavy atom. The van der Waals surface area contributed by atoms with Crippen molar-refractivity contribution in [2.75, 3.05) is 18.8 Å². The van der Waals surface area contributed by atoms with Gasteiger partial charge >= 0.3 is 0 Å². The van der Waals surface area contributed by atoms with E-state index in [-0.39, 0.29) is 5.91 Å². The lowest BCUT2D eigenvalue weighted by molar-refractivity contribution is -0.119. The summed E-state index contributed by atoms with van der Waals surface area (Å²) in [5.41, 5.74) is 1.89. The minimum Gasteiger partial charge on any atom is -0.353 e. The highest BCUT2D eigenvalue weighted by molar-refractivity contribution is 7.99. The maximum absolute atomic E-state index is 12.1. The smallest absolute Gasteiger partial charge is 0.230 e. The zero-order valence-electron chi connectivity index (χ0n) is 13.3. The van der Waals surface area contributed by atoms with Gasteiger partial charge in [-0.05, 0) is 45.6 Å². The second-order valence-electron chi connectivity index (χ2n) is 6.33. The molecule has 2 aliphatic rings. The molecule has 3 rings (SSSR count). The fourth-order valence-electron chi connectivity index (χ4n) is 3.01. The molecule has 1 saturated heterocycles. The van der Waals surface area contributed by atoms with Gasteiger partial charge in [0.1, 0.15) is 0 Å². The molecule has 1 N–H and O–H groups in total. The Morgan fingerprint density at radius 3 is 2.45 bits per heavy atom. The highest BCUT2D eigenvalue weighted by Crippen LogP contribution is 2.29. The van der Waals surface area contributed by atoms with E-state index in [4.69, 9.17) is 0 Å². The van der Waals surface area contributed by atoms with Crippen LogP contribution >= 0.6 is 11.8 Å². The van der Waals surface area contributed by atoms with Crippen molar-refractivity contribution in [3.8, 4) is 0 Å². The van der Waals surface area contributed by atoms with Crippen LogP contribution in [0.4, 0.5) is 0 Å². The van der Waals surface area contributed by atoms with E-state index in [1.807, 2.05) is 19.9 Å². The topological polar surface area (TPSA) is 58.1 Å². The van der Waals surface area contributed by atoms with Gasteiger partial charge in [-0.1, -0.05) is 11.8 Å². The first kappa shape index (κ1) is 15.7. The van der Waals surface area contributed by atoms with Crippen LogP contribution < -0.4 is 5.32 Å². The number of hydrogen-bond donors (Lipinski definition) is 1. The van der Waals surface area contributed by atoms with E-state index >= 15 is 0 Å². The van der Waals surface area contributed by atoms with Gasteiger partial charge < -0.3 is 10.2 Å². The van der Waals surface area contributed by atoms with Crippen LogP contribution in [0.5, 0.6) is 0 Å². The van der Waals surface area contributed by atoms with E-state index in [0.717, 1.165) is 43.4 Å². The Bertz CT molecular complexity index is 519. The van der Waals surface area contributed by atoms with Crippen LogP contribution in [0, 0.1) is 13.8 Å². The van der Waals surface area contributed by atoms with E-state index in [0.29, 0.717) is 17.0 Å². The van der Waals surface area contributed by atoms with E-state index in [1.54, 1.807) is 0 Å². The van der Waals surface area contributed by atoms with Crippen molar-refractivity contribution in [3.05, 3.63) is 17.5 Å².